The highest BCUT2D eigenvalue weighted by Gasteiger charge is 2.74. The van der Waals surface area contributed by atoms with Crippen molar-refractivity contribution in [2.45, 2.75) is 85.6 Å². The van der Waals surface area contributed by atoms with Gasteiger partial charge in [-0.15, -0.1) is 0 Å². The molecule has 1 N–H and O–H groups in total. The zero-order chi connectivity index (χ0) is 33.0. The summed E-state index contributed by atoms with van der Waals surface area (Å²) in [6.07, 6.45) is -11.2. The second-order valence-corrected chi connectivity index (χ2v) is 15.3. The number of fused-ring (bicyclic) bond motifs is 3. The van der Waals surface area contributed by atoms with Crippen LogP contribution in [0.2, 0.25) is 0 Å². The quantitative estimate of drug-likeness (QED) is 0.375. The van der Waals surface area contributed by atoms with E-state index in [1.807, 2.05) is 0 Å². The van der Waals surface area contributed by atoms with E-state index in [0.717, 1.165) is 11.6 Å². The molecule has 2 atom stereocenters. The van der Waals surface area contributed by atoms with E-state index in [4.69, 9.17) is 0 Å². The number of halogens is 7. The fraction of sp³-hybridized carbons (Fsp3) is 0.548. The number of amides is 1. The number of benzene rings is 2. The van der Waals surface area contributed by atoms with Crippen LogP contribution in [-0.2, 0) is 36.3 Å². The third kappa shape index (κ3) is 4.44. The zero-order valence-corrected chi connectivity index (χ0v) is 24.8. The van der Waals surface area contributed by atoms with E-state index in [1.54, 1.807) is 19.1 Å². The molecule has 45 heavy (non-hydrogen) atoms. The van der Waals surface area contributed by atoms with Gasteiger partial charge >= 0.3 is 24.0 Å². The molecule has 4 aliphatic rings. The maximum Gasteiger partial charge on any atom is 0.435 e. The highest BCUT2D eigenvalue weighted by atomic mass is 32.2. The minimum absolute atomic E-state index is 0.0187. The topological polar surface area (TPSA) is 91.8 Å². The van der Waals surface area contributed by atoms with Gasteiger partial charge < -0.3 is 10.0 Å². The molecular formula is C31H30F7NO5S. The normalized spacial score (nSPS) is 29.9. The largest absolute Gasteiger partial charge is 0.481 e. The summed E-state index contributed by atoms with van der Waals surface area (Å²) in [6, 6.07) is 6.55. The Morgan fingerprint density at radius 2 is 1.47 bits per heavy atom. The first kappa shape index (κ1) is 31.8. The minimum atomic E-state index is -6.33. The molecule has 6 nitrogen and oxygen atoms in total. The predicted octanol–water partition coefficient (Wildman–Crippen LogP) is 6.39. The van der Waals surface area contributed by atoms with E-state index in [0.29, 0.717) is 37.8 Å². The number of likely N-dealkylation sites (tertiary alicyclic amines) is 1. The Balaban J connectivity index is 1.41. The van der Waals surface area contributed by atoms with E-state index in [-0.39, 0.29) is 53.2 Å². The lowest BCUT2D eigenvalue weighted by atomic mass is 9.48. The van der Waals surface area contributed by atoms with Crippen LogP contribution < -0.4 is 0 Å². The van der Waals surface area contributed by atoms with Gasteiger partial charge in [-0.25, -0.2) is 12.8 Å². The molecule has 3 fully saturated rings. The molecule has 0 radical (unpaired) electrons. The van der Waals surface area contributed by atoms with Crippen molar-refractivity contribution in [3.8, 4) is 0 Å². The summed E-state index contributed by atoms with van der Waals surface area (Å²) in [5, 5.41) is 9.23. The fourth-order valence-electron chi connectivity index (χ4n) is 8.31. The summed E-state index contributed by atoms with van der Waals surface area (Å²) in [5.41, 5.74) is -7.04. The average Bonchev–Trinajstić information content (AvgIpc) is 3.31. The van der Waals surface area contributed by atoms with Crippen LogP contribution in [0.1, 0.15) is 60.8 Å². The lowest BCUT2D eigenvalue weighted by Gasteiger charge is -2.57. The van der Waals surface area contributed by atoms with Crippen LogP contribution in [-0.4, -0.2) is 55.2 Å². The number of nitrogens with zero attached hydrogens (tertiary/aromatic N) is 1. The van der Waals surface area contributed by atoms with Gasteiger partial charge in [0.2, 0.25) is 5.91 Å². The Bertz CT molecular complexity index is 1640. The number of hydrogen-bond acceptors (Lipinski definition) is 4. The van der Waals surface area contributed by atoms with Crippen LogP contribution in [0.15, 0.2) is 47.4 Å². The number of carboxylic acid groups (broad SMARTS) is 1. The van der Waals surface area contributed by atoms with Gasteiger partial charge in [-0.2, -0.15) is 26.3 Å². The molecule has 1 spiro atoms. The van der Waals surface area contributed by atoms with Crippen LogP contribution in [0.5, 0.6) is 0 Å². The highest BCUT2D eigenvalue weighted by Crippen LogP contribution is 2.63. The Morgan fingerprint density at radius 3 is 2.02 bits per heavy atom. The van der Waals surface area contributed by atoms with Gasteiger partial charge in [0.15, 0.2) is 9.84 Å². The van der Waals surface area contributed by atoms with Crippen molar-refractivity contribution in [3.05, 3.63) is 64.7 Å². The molecule has 6 rings (SSSR count). The summed E-state index contributed by atoms with van der Waals surface area (Å²) >= 11 is 0. The van der Waals surface area contributed by atoms with Crippen LogP contribution in [0.4, 0.5) is 30.7 Å². The first-order chi connectivity index (χ1) is 20.8. The first-order valence-corrected chi connectivity index (χ1v) is 16.1. The molecule has 14 heteroatoms. The van der Waals surface area contributed by atoms with Gasteiger partial charge in [-0.05, 0) is 80.5 Å². The van der Waals surface area contributed by atoms with E-state index in [2.05, 4.69) is 0 Å². The van der Waals surface area contributed by atoms with Gasteiger partial charge in [0.1, 0.15) is 4.75 Å². The van der Waals surface area contributed by atoms with Gasteiger partial charge in [0.05, 0.1) is 16.9 Å². The average molecular weight is 662 g/mol. The zero-order valence-electron chi connectivity index (χ0n) is 24.0. The lowest BCUT2D eigenvalue weighted by molar-refractivity contribution is -0.348. The van der Waals surface area contributed by atoms with E-state index in [9.17, 15) is 49.5 Å². The fourth-order valence-corrected chi connectivity index (χ4v) is 10.7. The van der Waals surface area contributed by atoms with Crippen LogP contribution in [0.25, 0.3) is 0 Å². The number of carbonyl (C=O) groups is 2. The molecule has 0 aromatic heterocycles. The Kier molecular flexibility index (Phi) is 7.01. The second kappa shape index (κ2) is 9.92. The number of carboxylic acids is 1. The van der Waals surface area contributed by atoms with Crippen molar-refractivity contribution in [1.82, 2.24) is 4.90 Å². The van der Waals surface area contributed by atoms with Gasteiger partial charge in [-0.3, -0.25) is 9.59 Å². The van der Waals surface area contributed by atoms with E-state index < -0.39 is 62.0 Å². The predicted molar refractivity (Wildman–Crippen MR) is 145 cm³/mol. The molecule has 1 amide bonds. The van der Waals surface area contributed by atoms with Crippen molar-refractivity contribution in [1.29, 1.82) is 0 Å². The molecule has 3 aliphatic carbocycles. The third-order valence-electron chi connectivity index (χ3n) is 10.6. The Hall–Kier alpha value is -3.16. The number of sulfone groups is 1. The maximum atomic E-state index is 15.0. The van der Waals surface area contributed by atoms with Crippen LogP contribution in [0.3, 0.4) is 0 Å². The molecule has 244 valence electrons. The Morgan fingerprint density at radius 1 is 0.889 bits per heavy atom. The van der Waals surface area contributed by atoms with Crippen molar-refractivity contribution >= 4 is 21.7 Å². The number of hydrogen-bond donors (Lipinski definition) is 1. The minimum Gasteiger partial charge on any atom is -0.481 e. The summed E-state index contributed by atoms with van der Waals surface area (Å²) in [7, 11) is -4.41. The van der Waals surface area contributed by atoms with Crippen LogP contribution >= 0.6 is 0 Å². The summed E-state index contributed by atoms with van der Waals surface area (Å²) in [6.45, 7) is 1.72. The van der Waals surface area contributed by atoms with Crippen molar-refractivity contribution < 1.29 is 53.8 Å². The van der Waals surface area contributed by atoms with E-state index in [1.165, 1.54) is 17.0 Å². The maximum absolute atomic E-state index is 15.0. The number of rotatable bonds is 5. The van der Waals surface area contributed by atoms with Crippen LogP contribution in [0, 0.1) is 24.2 Å². The number of carbonyl (C=O) groups excluding carboxylic acids is 1. The van der Waals surface area contributed by atoms with Crippen molar-refractivity contribution in [2.75, 3.05) is 6.54 Å². The lowest BCUT2D eigenvalue weighted by Crippen LogP contribution is -2.57. The standard InChI is InChI=1S/C31H30F7NO5S/c1-17-2-6-22(7-3-17)45(43,44)28-10-11-39(25(40)19-13-27(14-19)15-20(16-27)26(41)42)24(28)9-4-18-12-21(5-8-23(18)28)29(32,30(33,34)35)31(36,37)38/h2-3,5-8,12,19-20,24H,4,9-11,13-16H2,1H3,(H,41,42). The summed E-state index contributed by atoms with van der Waals surface area (Å²) in [4.78, 5) is 26.4. The molecule has 0 bridgehead atoms. The SMILES string of the molecule is Cc1ccc(S(=O)(=O)C23CCN(C(=O)C4CC5(CC(C(=O)O)C5)C4)C2CCc2cc(C(F)(C(F)(F)F)C(F)(F)F)ccc23)cc1. The molecule has 2 aromatic carbocycles. The summed E-state index contributed by atoms with van der Waals surface area (Å²) in [5.74, 6) is -2.10. The number of aliphatic carboxylic acids is 1. The number of aryl methyl sites for hydroxylation is 2. The smallest absolute Gasteiger partial charge is 0.435 e. The molecular weight excluding hydrogens is 631 g/mol. The summed E-state index contributed by atoms with van der Waals surface area (Å²) < 4.78 is 124. The van der Waals surface area contributed by atoms with Gasteiger partial charge in [0.25, 0.3) is 0 Å². The van der Waals surface area contributed by atoms with Crippen molar-refractivity contribution in [3.63, 3.8) is 0 Å². The monoisotopic (exact) mass is 661 g/mol. The Labute approximate surface area is 254 Å². The first-order valence-electron chi connectivity index (χ1n) is 14.6. The molecule has 1 aliphatic heterocycles. The van der Waals surface area contributed by atoms with E-state index >= 15 is 4.39 Å². The number of alkyl halides is 7. The molecule has 2 saturated carbocycles. The third-order valence-corrected chi connectivity index (χ3v) is 13.1. The molecule has 1 heterocycles. The van der Waals surface area contributed by atoms with Gasteiger partial charge in [-0.1, -0.05) is 35.9 Å². The second-order valence-electron chi connectivity index (χ2n) is 13.1. The molecule has 2 unspecified atom stereocenters. The molecule has 2 aromatic rings. The van der Waals surface area contributed by atoms with Crippen molar-refractivity contribution in [2.24, 2.45) is 17.3 Å². The van der Waals surface area contributed by atoms with Gasteiger partial charge in [0, 0.05) is 18.0 Å². The molecule has 1 saturated heterocycles. The highest BCUT2D eigenvalue weighted by molar-refractivity contribution is 7.92.